The summed E-state index contributed by atoms with van der Waals surface area (Å²) in [7, 11) is -1.09. The first kappa shape index (κ1) is 30.7. The molecule has 4 aromatic rings. The molecule has 1 radical (unpaired) electrons. The lowest BCUT2D eigenvalue weighted by Crippen LogP contribution is -2.61. The van der Waals surface area contributed by atoms with Gasteiger partial charge in [0.05, 0.1) is 26.4 Å². The van der Waals surface area contributed by atoms with Crippen LogP contribution in [-0.2, 0) is 43.2 Å². The highest BCUT2D eigenvalue weighted by molar-refractivity contribution is 7.99. The zero-order valence-corrected chi connectivity index (χ0v) is 26.0. The Kier molecular flexibility index (Phi) is 11.8. The third-order valence-electron chi connectivity index (χ3n) is 6.92. The topological polar surface area (TPSA) is 46.2 Å². The zero-order valence-electron chi connectivity index (χ0n) is 24.2. The van der Waals surface area contributed by atoms with Crippen LogP contribution in [-0.4, -0.2) is 45.5 Å². The maximum atomic E-state index is 6.85. The highest BCUT2D eigenvalue weighted by atomic mass is 32.2. The third-order valence-corrected chi connectivity index (χ3v) is 8.82. The molecule has 5 nitrogen and oxygen atoms in total. The van der Waals surface area contributed by atoms with Crippen molar-refractivity contribution in [2.24, 2.45) is 0 Å². The number of hydrogen-bond acceptors (Lipinski definition) is 6. The van der Waals surface area contributed by atoms with Crippen LogP contribution < -0.4 is 0 Å². The van der Waals surface area contributed by atoms with Gasteiger partial charge in [0.25, 0.3) is 0 Å². The average Bonchev–Trinajstić information content (AvgIpc) is 3.02. The highest BCUT2D eigenvalue weighted by Gasteiger charge is 2.49. The predicted molar refractivity (Wildman–Crippen MR) is 169 cm³/mol. The van der Waals surface area contributed by atoms with Gasteiger partial charge in [0, 0.05) is 4.90 Å². The van der Waals surface area contributed by atoms with Crippen LogP contribution in [0.2, 0.25) is 13.1 Å². The quantitative estimate of drug-likeness (QED) is 0.140. The molecule has 4 aromatic carbocycles. The van der Waals surface area contributed by atoms with E-state index in [0.717, 1.165) is 21.6 Å². The van der Waals surface area contributed by atoms with Gasteiger partial charge >= 0.3 is 0 Å². The Morgan fingerprint density at radius 3 is 1.60 bits per heavy atom. The van der Waals surface area contributed by atoms with Gasteiger partial charge in [0.1, 0.15) is 29.9 Å². The molecule has 0 amide bonds. The van der Waals surface area contributed by atoms with Gasteiger partial charge in [0.2, 0.25) is 9.04 Å². The van der Waals surface area contributed by atoms with E-state index in [9.17, 15) is 0 Å². The Morgan fingerprint density at radius 1 is 0.595 bits per heavy atom. The maximum Gasteiger partial charge on any atom is 0.205 e. The lowest BCUT2D eigenvalue weighted by atomic mass is 9.99. The van der Waals surface area contributed by atoms with Crippen LogP contribution in [0.4, 0.5) is 0 Å². The van der Waals surface area contributed by atoms with Gasteiger partial charge in [-0.2, -0.15) is 0 Å². The Morgan fingerprint density at radius 2 is 1.07 bits per heavy atom. The third kappa shape index (κ3) is 9.12. The van der Waals surface area contributed by atoms with Crippen LogP contribution >= 0.6 is 11.8 Å². The molecule has 42 heavy (non-hydrogen) atoms. The Hall–Kier alpha value is -2.75. The summed E-state index contributed by atoms with van der Waals surface area (Å²) in [5.74, 6) is 0. The number of rotatable bonds is 14. The SMILES string of the molecule is C[Si](C)O[C@H]1[C@@H](OCc2ccccc2)[C@H](OCc2ccccc2)[C@@H](COCc2ccccc2)O[C@@H]1Sc1ccccc1. The van der Waals surface area contributed by atoms with Crippen molar-refractivity contribution in [3.05, 3.63) is 138 Å². The molecule has 1 aliphatic rings. The summed E-state index contributed by atoms with van der Waals surface area (Å²) in [6.45, 7) is 6.06. The standard InChI is InChI=1S/C35H39O5SSi/c1-42(2)40-34-33(38-25-29-19-11-5-12-20-29)32(37-24-28-17-9-4-10-18-28)31(26-36-23-27-15-7-3-8-16-27)39-35(34)41-30-21-13-6-14-22-30/h3-22,31-35H,23-26H2,1-2H3/t31-,32-,33+,34+,35-/m1/s1. The van der Waals surface area contributed by atoms with Crippen LogP contribution in [0.25, 0.3) is 0 Å². The molecule has 1 heterocycles. The van der Waals surface area contributed by atoms with Crippen molar-refractivity contribution in [2.75, 3.05) is 6.61 Å². The second kappa shape index (κ2) is 16.2. The molecule has 5 atom stereocenters. The minimum Gasteiger partial charge on any atom is -0.408 e. The minimum absolute atomic E-state index is 0.296. The van der Waals surface area contributed by atoms with E-state index in [2.05, 4.69) is 61.6 Å². The molecule has 0 aromatic heterocycles. The van der Waals surface area contributed by atoms with Crippen LogP contribution in [0.5, 0.6) is 0 Å². The van der Waals surface area contributed by atoms with Crippen molar-refractivity contribution in [3.8, 4) is 0 Å². The highest BCUT2D eigenvalue weighted by Crippen LogP contribution is 2.38. The molecule has 0 saturated carbocycles. The summed E-state index contributed by atoms with van der Waals surface area (Å²) in [5, 5.41) is 0. The lowest BCUT2D eigenvalue weighted by Gasteiger charge is -2.46. The minimum atomic E-state index is -1.09. The molecule has 0 spiro atoms. The van der Waals surface area contributed by atoms with Crippen molar-refractivity contribution in [2.45, 2.75) is 67.7 Å². The molecular weight excluding hydrogens is 561 g/mol. The molecule has 0 unspecified atom stereocenters. The van der Waals surface area contributed by atoms with Crippen LogP contribution in [0.1, 0.15) is 16.7 Å². The van der Waals surface area contributed by atoms with Crippen molar-refractivity contribution in [1.29, 1.82) is 0 Å². The number of thioether (sulfide) groups is 1. The smallest absolute Gasteiger partial charge is 0.205 e. The van der Waals surface area contributed by atoms with Crippen molar-refractivity contribution < 1.29 is 23.4 Å². The predicted octanol–water partition coefficient (Wildman–Crippen LogP) is 7.53. The summed E-state index contributed by atoms with van der Waals surface area (Å²) in [5.41, 5.74) is 3.02. The molecule has 0 aliphatic carbocycles. The summed E-state index contributed by atoms with van der Waals surface area (Å²) < 4.78 is 33.3. The fourth-order valence-electron chi connectivity index (χ4n) is 4.93. The van der Waals surface area contributed by atoms with E-state index in [1.807, 2.05) is 72.8 Å². The molecule has 0 bridgehead atoms. The van der Waals surface area contributed by atoms with Crippen LogP contribution in [0.15, 0.2) is 126 Å². The summed E-state index contributed by atoms with van der Waals surface area (Å²) in [4.78, 5) is 1.12. The van der Waals surface area contributed by atoms with Gasteiger partial charge in [-0.1, -0.05) is 121 Å². The molecule has 1 saturated heterocycles. The summed E-state index contributed by atoms with van der Waals surface area (Å²) in [6.07, 6.45) is -1.45. The fraction of sp³-hybridized carbons (Fsp3) is 0.314. The molecule has 7 heteroatoms. The van der Waals surface area contributed by atoms with Gasteiger partial charge < -0.3 is 23.4 Å². The maximum absolute atomic E-state index is 6.85. The molecule has 219 valence electrons. The first-order valence-corrected chi connectivity index (χ1v) is 17.7. The van der Waals surface area contributed by atoms with Gasteiger partial charge in [-0.25, -0.2) is 0 Å². The zero-order chi connectivity index (χ0) is 29.0. The number of ether oxygens (including phenoxy) is 4. The van der Waals surface area contributed by atoms with E-state index in [4.69, 9.17) is 23.4 Å². The van der Waals surface area contributed by atoms with Crippen LogP contribution in [0, 0.1) is 0 Å². The second-order valence-electron chi connectivity index (χ2n) is 10.5. The normalized spacial score (nSPS) is 22.3. The summed E-state index contributed by atoms with van der Waals surface area (Å²) >= 11 is 1.67. The monoisotopic (exact) mass is 599 g/mol. The van der Waals surface area contributed by atoms with Gasteiger partial charge in [-0.15, -0.1) is 0 Å². The number of hydrogen-bond donors (Lipinski definition) is 0. The molecule has 5 rings (SSSR count). The fourth-order valence-corrected chi connectivity index (χ4v) is 6.96. The lowest BCUT2D eigenvalue weighted by molar-refractivity contribution is -0.238. The van der Waals surface area contributed by atoms with Gasteiger partial charge in [0.15, 0.2) is 0 Å². The van der Waals surface area contributed by atoms with Gasteiger partial charge in [-0.05, 0) is 41.9 Å². The van der Waals surface area contributed by atoms with E-state index >= 15 is 0 Å². The molecular formula is C35H39O5SSi. The second-order valence-corrected chi connectivity index (χ2v) is 13.7. The first-order valence-electron chi connectivity index (χ1n) is 14.4. The average molecular weight is 600 g/mol. The molecule has 1 fully saturated rings. The van der Waals surface area contributed by atoms with E-state index in [-0.39, 0.29) is 23.7 Å². The molecule has 0 N–H and O–H groups in total. The van der Waals surface area contributed by atoms with E-state index < -0.39 is 15.1 Å². The van der Waals surface area contributed by atoms with Gasteiger partial charge in [-0.3, -0.25) is 0 Å². The first-order chi connectivity index (χ1) is 20.7. The Balaban J connectivity index is 1.43. The van der Waals surface area contributed by atoms with Crippen LogP contribution in [0.3, 0.4) is 0 Å². The Labute approximate surface area is 255 Å². The van der Waals surface area contributed by atoms with E-state index in [1.165, 1.54) is 0 Å². The van der Waals surface area contributed by atoms with E-state index in [1.54, 1.807) is 11.8 Å². The summed E-state index contributed by atoms with van der Waals surface area (Å²) in [6, 6.07) is 41.0. The molecule has 1 aliphatic heterocycles. The van der Waals surface area contributed by atoms with Crippen molar-refractivity contribution in [1.82, 2.24) is 0 Å². The van der Waals surface area contributed by atoms with Crippen molar-refractivity contribution in [3.63, 3.8) is 0 Å². The van der Waals surface area contributed by atoms with E-state index in [0.29, 0.717) is 26.4 Å². The van der Waals surface area contributed by atoms with Crippen molar-refractivity contribution >= 4 is 20.8 Å². The largest absolute Gasteiger partial charge is 0.408 e. The number of benzene rings is 4. The Bertz CT molecular complexity index is 1300.